The number of alkyl halides is 3. The molecule has 1 aliphatic carbocycles. The number of aromatic amines is 1. The van der Waals surface area contributed by atoms with Crippen molar-refractivity contribution in [2.24, 2.45) is 5.41 Å². The number of nitrogens with zero attached hydrogens (tertiary/aromatic N) is 5. The third-order valence-corrected chi connectivity index (χ3v) is 7.76. The van der Waals surface area contributed by atoms with Gasteiger partial charge >= 0.3 is 6.18 Å². The van der Waals surface area contributed by atoms with Gasteiger partial charge in [0.2, 0.25) is 5.95 Å². The number of pyridine rings is 1. The highest BCUT2D eigenvalue weighted by molar-refractivity contribution is 7.99. The number of H-pyrrole nitrogens is 1. The number of anilines is 1. The van der Waals surface area contributed by atoms with E-state index in [1.807, 2.05) is 0 Å². The largest absolute Gasteiger partial charge is 0.434 e. The first-order chi connectivity index (χ1) is 16.4. The number of hydrogen-bond donors (Lipinski definition) is 1. The van der Waals surface area contributed by atoms with Gasteiger partial charge in [0.1, 0.15) is 5.03 Å². The number of imidazole rings is 1. The number of nitrogens with one attached hydrogen (secondary N) is 1. The highest BCUT2D eigenvalue weighted by Gasteiger charge is 2.40. The Morgan fingerprint density at radius 3 is 2.38 bits per heavy atom. The highest BCUT2D eigenvalue weighted by atomic mass is 32.2. The molecule has 174 valence electrons. The normalized spacial score (nSPS) is 17.4. The molecule has 0 radical (unpaired) electrons. The second-order valence-electron chi connectivity index (χ2n) is 9.00. The number of hydrogen-bond acceptors (Lipinski definition) is 6. The molecule has 0 atom stereocenters. The third kappa shape index (κ3) is 3.89. The van der Waals surface area contributed by atoms with E-state index < -0.39 is 11.9 Å². The van der Waals surface area contributed by atoms with Gasteiger partial charge in [-0.2, -0.15) is 18.2 Å². The van der Waals surface area contributed by atoms with Crippen LogP contribution in [0.25, 0.3) is 11.3 Å². The van der Waals surface area contributed by atoms with E-state index in [1.54, 1.807) is 0 Å². The van der Waals surface area contributed by atoms with Gasteiger partial charge in [0, 0.05) is 24.2 Å². The molecule has 1 aliphatic heterocycles. The summed E-state index contributed by atoms with van der Waals surface area (Å²) in [4.78, 5) is 22.3. The quantitative estimate of drug-likeness (QED) is 0.427. The fourth-order valence-corrected chi connectivity index (χ4v) is 5.96. The van der Waals surface area contributed by atoms with Crippen molar-refractivity contribution >= 4 is 29.0 Å². The second kappa shape index (κ2) is 7.97. The molecule has 0 amide bonds. The van der Waals surface area contributed by atoms with Crippen molar-refractivity contribution in [3.63, 3.8) is 0 Å². The average molecular weight is 483 g/mol. The zero-order valence-electron chi connectivity index (χ0n) is 18.1. The summed E-state index contributed by atoms with van der Waals surface area (Å²) in [5.41, 5.74) is 3.26. The summed E-state index contributed by atoms with van der Waals surface area (Å²) in [6.07, 6.45) is 2.50. The number of halogens is 3. The zero-order valence-corrected chi connectivity index (χ0v) is 19.0. The second-order valence-corrected chi connectivity index (χ2v) is 10.1. The Morgan fingerprint density at radius 1 is 0.941 bits per heavy atom. The van der Waals surface area contributed by atoms with Crippen LogP contribution in [0.2, 0.25) is 0 Å². The van der Waals surface area contributed by atoms with Gasteiger partial charge in [0.05, 0.1) is 6.20 Å². The van der Waals surface area contributed by atoms with E-state index in [-0.39, 0.29) is 4.90 Å². The molecule has 6 nitrogen and oxygen atoms in total. The van der Waals surface area contributed by atoms with Crippen LogP contribution in [0.1, 0.15) is 29.7 Å². The lowest BCUT2D eigenvalue weighted by Crippen LogP contribution is -2.41. The first kappa shape index (κ1) is 21.4. The van der Waals surface area contributed by atoms with E-state index in [0.717, 1.165) is 56.7 Å². The predicted molar refractivity (Wildman–Crippen MR) is 123 cm³/mol. The maximum absolute atomic E-state index is 13.3. The Morgan fingerprint density at radius 2 is 1.68 bits per heavy atom. The number of benzene rings is 1. The van der Waals surface area contributed by atoms with Crippen LogP contribution in [0.5, 0.6) is 0 Å². The van der Waals surface area contributed by atoms with E-state index >= 15 is 0 Å². The van der Waals surface area contributed by atoms with Crippen LogP contribution in [0.3, 0.4) is 0 Å². The summed E-state index contributed by atoms with van der Waals surface area (Å²) in [6, 6.07) is 11.6. The molecule has 0 saturated carbocycles. The lowest BCUT2D eigenvalue weighted by Gasteiger charge is -2.39. The van der Waals surface area contributed by atoms with Crippen molar-refractivity contribution in [1.29, 1.82) is 0 Å². The molecular weight excluding hydrogens is 461 g/mol. The Hall–Kier alpha value is -3.14. The van der Waals surface area contributed by atoms with Crippen molar-refractivity contribution in [3.05, 3.63) is 65.6 Å². The summed E-state index contributed by atoms with van der Waals surface area (Å²) in [7, 11) is 0. The van der Waals surface area contributed by atoms with Crippen molar-refractivity contribution in [2.75, 3.05) is 18.0 Å². The van der Waals surface area contributed by atoms with Crippen LogP contribution in [-0.2, 0) is 19.0 Å². The van der Waals surface area contributed by atoms with Gasteiger partial charge in [0.15, 0.2) is 17.0 Å². The molecule has 1 saturated heterocycles. The molecule has 1 aromatic carbocycles. The average Bonchev–Trinajstić information content (AvgIpc) is 3.40. The molecule has 1 spiro atoms. The van der Waals surface area contributed by atoms with Crippen molar-refractivity contribution < 1.29 is 13.2 Å². The maximum Gasteiger partial charge on any atom is 0.434 e. The Bertz CT molecular complexity index is 1330. The van der Waals surface area contributed by atoms with Crippen molar-refractivity contribution in [1.82, 2.24) is 24.9 Å². The van der Waals surface area contributed by atoms with Gasteiger partial charge in [-0.15, -0.1) is 0 Å². The number of rotatable bonds is 3. The lowest BCUT2D eigenvalue weighted by molar-refractivity contribution is -0.143. The minimum absolute atomic E-state index is 0.0155. The molecule has 0 unspecified atom stereocenters. The minimum atomic E-state index is -4.53. The zero-order chi connectivity index (χ0) is 23.3. The summed E-state index contributed by atoms with van der Waals surface area (Å²) in [5, 5.41) is 0.338. The summed E-state index contributed by atoms with van der Waals surface area (Å²) < 4.78 is 39.8. The van der Waals surface area contributed by atoms with Crippen LogP contribution >= 0.6 is 11.8 Å². The molecule has 3 aromatic heterocycles. The number of aromatic nitrogens is 5. The highest BCUT2D eigenvalue weighted by Crippen LogP contribution is 2.45. The van der Waals surface area contributed by atoms with Crippen LogP contribution < -0.4 is 4.90 Å². The summed E-state index contributed by atoms with van der Waals surface area (Å²) in [5.74, 6) is 0.708. The number of fused-ring (bicyclic) bond motifs is 2. The topological polar surface area (TPSA) is 70.6 Å². The molecule has 0 bridgehead atoms. The molecule has 4 aromatic rings. The fraction of sp³-hybridized carbons (Fsp3) is 0.333. The standard InChI is InChI=1S/C24H21F3N6S/c25-24(26,27)19-17(6-3-9-28-19)34-18-14-29-20-21(30-18)32-22(31-20)33-10-7-23(8-11-33)12-15-4-1-2-5-16(15)13-23/h1-6,9,14H,7-8,10-13H2,(H,29,30,31,32). The molecule has 10 heteroatoms. The minimum Gasteiger partial charge on any atom is -0.342 e. The molecule has 4 heterocycles. The van der Waals surface area contributed by atoms with Gasteiger partial charge in [-0.1, -0.05) is 36.0 Å². The van der Waals surface area contributed by atoms with Crippen LogP contribution in [0.4, 0.5) is 19.1 Å². The van der Waals surface area contributed by atoms with Gasteiger partial charge < -0.3 is 9.88 Å². The molecule has 2 aliphatic rings. The van der Waals surface area contributed by atoms with Gasteiger partial charge in [0.25, 0.3) is 0 Å². The van der Waals surface area contributed by atoms with E-state index in [4.69, 9.17) is 0 Å². The molecule has 1 N–H and O–H groups in total. The number of piperidine rings is 1. The van der Waals surface area contributed by atoms with Crippen LogP contribution in [0.15, 0.2) is 58.7 Å². The monoisotopic (exact) mass is 482 g/mol. The fourth-order valence-electron chi connectivity index (χ4n) is 5.08. The van der Waals surface area contributed by atoms with Crippen LogP contribution in [0, 0.1) is 5.41 Å². The molecule has 6 rings (SSSR count). The van der Waals surface area contributed by atoms with E-state index in [2.05, 4.69) is 54.1 Å². The van der Waals surface area contributed by atoms with Gasteiger partial charge in [-0.3, -0.25) is 4.98 Å². The predicted octanol–water partition coefficient (Wildman–Crippen LogP) is 5.30. The van der Waals surface area contributed by atoms with Crippen molar-refractivity contribution in [2.45, 2.75) is 41.8 Å². The van der Waals surface area contributed by atoms with Crippen LogP contribution in [-0.4, -0.2) is 38.0 Å². The first-order valence-electron chi connectivity index (χ1n) is 11.1. The summed E-state index contributed by atoms with van der Waals surface area (Å²) in [6.45, 7) is 1.78. The van der Waals surface area contributed by atoms with Crippen molar-refractivity contribution in [3.8, 4) is 0 Å². The first-order valence-corrected chi connectivity index (χ1v) is 11.9. The smallest absolute Gasteiger partial charge is 0.342 e. The van der Waals surface area contributed by atoms with E-state index in [9.17, 15) is 13.2 Å². The van der Waals surface area contributed by atoms with E-state index in [0.29, 0.717) is 27.7 Å². The Balaban J connectivity index is 1.18. The molecule has 34 heavy (non-hydrogen) atoms. The Kier molecular flexibility index (Phi) is 5.02. The maximum atomic E-state index is 13.3. The third-order valence-electron chi connectivity index (χ3n) is 6.80. The van der Waals surface area contributed by atoms with Gasteiger partial charge in [-0.25, -0.2) is 9.97 Å². The van der Waals surface area contributed by atoms with E-state index in [1.165, 1.54) is 29.5 Å². The lowest BCUT2D eigenvalue weighted by atomic mass is 9.76. The molecular formula is C24H21F3N6S. The molecule has 1 fully saturated rings. The summed E-state index contributed by atoms with van der Waals surface area (Å²) >= 11 is 0.884. The van der Waals surface area contributed by atoms with Gasteiger partial charge in [-0.05, 0) is 54.4 Å². The Labute approximate surface area is 198 Å². The SMILES string of the molecule is FC(F)(F)c1ncccc1Sc1cnc2[nH]c(N3CCC4(CC3)Cc3ccccc3C4)nc2n1.